The Kier molecular flexibility index (Phi) is 6.28. The number of hydrogen-bond donors (Lipinski definition) is 1. The summed E-state index contributed by atoms with van der Waals surface area (Å²) in [7, 11) is 1.32. The number of rotatable bonds is 7. The van der Waals surface area contributed by atoms with Gasteiger partial charge in [0, 0.05) is 23.7 Å². The van der Waals surface area contributed by atoms with Crippen LogP contribution in [-0.2, 0) is 22.5 Å². The molecule has 2 aromatic rings. The highest BCUT2D eigenvalue weighted by molar-refractivity contribution is 6.31. The summed E-state index contributed by atoms with van der Waals surface area (Å²) in [4.78, 5) is 22.4. The van der Waals surface area contributed by atoms with Gasteiger partial charge in [0.1, 0.15) is 6.04 Å². The van der Waals surface area contributed by atoms with Gasteiger partial charge in [0.25, 0.3) is 5.69 Å². The number of halogens is 1. The SMILES string of the molecule is COC(=O)[C@H](Cc1ccccc1)NCc1cc([N+](=O)[O-])ccc1Cl. The van der Waals surface area contributed by atoms with Crippen LogP contribution in [0.3, 0.4) is 0 Å². The first-order chi connectivity index (χ1) is 11.5. The summed E-state index contributed by atoms with van der Waals surface area (Å²) in [6.07, 6.45) is 0.445. The smallest absolute Gasteiger partial charge is 0.323 e. The van der Waals surface area contributed by atoms with E-state index >= 15 is 0 Å². The molecule has 0 fully saturated rings. The average Bonchev–Trinajstić information content (AvgIpc) is 2.59. The zero-order chi connectivity index (χ0) is 17.5. The van der Waals surface area contributed by atoms with Crippen LogP contribution in [0.1, 0.15) is 11.1 Å². The van der Waals surface area contributed by atoms with Crippen molar-refractivity contribution in [3.05, 3.63) is 74.8 Å². The van der Waals surface area contributed by atoms with E-state index in [1.54, 1.807) is 0 Å². The van der Waals surface area contributed by atoms with Gasteiger partial charge in [-0.3, -0.25) is 20.2 Å². The number of esters is 1. The lowest BCUT2D eigenvalue weighted by Crippen LogP contribution is -2.39. The molecular weight excluding hydrogens is 332 g/mol. The lowest BCUT2D eigenvalue weighted by molar-refractivity contribution is -0.384. The Labute approximate surface area is 144 Å². The van der Waals surface area contributed by atoms with Crippen LogP contribution in [0.5, 0.6) is 0 Å². The molecule has 7 heteroatoms. The molecule has 1 atom stereocenters. The maximum Gasteiger partial charge on any atom is 0.323 e. The van der Waals surface area contributed by atoms with Crippen LogP contribution in [0.25, 0.3) is 0 Å². The van der Waals surface area contributed by atoms with Crippen molar-refractivity contribution in [2.75, 3.05) is 7.11 Å². The number of hydrogen-bond acceptors (Lipinski definition) is 5. The fourth-order valence-corrected chi connectivity index (χ4v) is 2.46. The Morgan fingerprint density at radius 3 is 2.62 bits per heavy atom. The van der Waals surface area contributed by atoms with E-state index in [0.29, 0.717) is 17.0 Å². The first kappa shape index (κ1) is 17.9. The second-order valence-corrected chi connectivity index (χ2v) is 5.59. The molecule has 0 amide bonds. The second-order valence-electron chi connectivity index (χ2n) is 5.18. The first-order valence-corrected chi connectivity index (χ1v) is 7.67. The molecular formula is C17H17ClN2O4. The molecule has 0 aromatic heterocycles. The Bertz CT molecular complexity index is 722. The number of nitro benzene ring substituents is 1. The number of nitro groups is 1. The molecule has 0 heterocycles. The molecule has 0 saturated heterocycles. The summed E-state index contributed by atoms with van der Waals surface area (Å²) in [6.45, 7) is 0.215. The Morgan fingerprint density at radius 1 is 1.29 bits per heavy atom. The van der Waals surface area contributed by atoms with Gasteiger partial charge in [0.2, 0.25) is 0 Å². The zero-order valence-electron chi connectivity index (χ0n) is 13.1. The van der Waals surface area contributed by atoms with Gasteiger partial charge in [-0.15, -0.1) is 0 Å². The summed E-state index contributed by atoms with van der Waals surface area (Å²) < 4.78 is 4.82. The molecule has 2 aromatic carbocycles. The molecule has 0 aliphatic rings. The maximum absolute atomic E-state index is 12.0. The predicted octanol–water partition coefficient (Wildman–Crippen LogP) is 3.12. The number of methoxy groups -OCH3 is 1. The third-order valence-electron chi connectivity index (χ3n) is 3.55. The average molecular weight is 349 g/mol. The van der Waals surface area contributed by atoms with E-state index in [9.17, 15) is 14.9 Å². The van der Waals surface area contributed by atoms with Gasteiger partial charge in [-0.1, -0.05) is 41.9 Å². The van der Waals surface area contributed by atoms with Crippen LogP contribution in [0, 0.1) is 10.1 Å². The Balaban J connectivity index is 2.11. The predicted molar refractivity (Wildman–Crippen MR) is 90.9 cm³/mol. The molecule has 0 aliphatic carbocycles. The van der Waals surface area contributed by atoms with Crippen molar-refractivity contribution in [3.63, 3.8) is 0 Å². The van der Waals surface area contributed by atoms with Gasteiger partial charge in [-0.05, 0) is 23.6 Å². The molecule has 0 unspecified atom stereocenters. The van der Waals surface area contributed by atoms with Crippen molar-refractivity contribution in [2.45, 2.75) is 19.0 Å². The van der Waals surface area contributed by atoms with E-state index in [1.165, 1.54) is 25.3 Å². The van der Waals surface area contributed by atoms with Gasteiger partial charge in [-0.25, -0.2) is 0 Å². The van der Waals surface area contributed by atoms with E-state index < -0.39 is 16.9 Å². The molecule has 6 nitrogen and oxygen atoms in total. The molecule has 126 valence electrons. The number of non-ortho nitro benzene ring substituents is 1. The lowest BCUT2D eigenvalue weighted by Gasteiger charge is -2.17. The summed E-state index contributed by atoms with van der Waals surface area (Å²) in [5, 5.41) is 14.3. The van der Waals surface area contributed by atoms with Gasteiger partial charge in [-0.2, -0.15) is 0 Å². The fourth-order valence-electron chi connectivity index (χ4n) is 2.27. The molecule has 24 heavy (non-hydrogen) atoms. The normalized spacial score (nSPS) is 11.8. The molecule has 0 radical (unpaired) electrons. The summed E-state index contributed by atoms with van der Waals surface area (Å²) >= 11 is 6.08. The number of carbonyl (C=O) groups is 1. The monoisotopic (exact) mass is 348 g/mol. The van der Waals surface area contributed by atoms with Gasteiger partial charge in [0.05, 0.1) is 12.0 Å². The van der Waals surface area contributed by atoms with Crippen LogP contribution in [0.2, 0.25) is 5.02 Å². The van der Waals surface area contributed by atoms with Crippen LogP contribution < -0.4 is 5.32 Å². The summed E-state index contributed by atoms with van der Waals surface area (Å²) in [5.74, 6) is -0.402. The highest BCUT2D eigenvalue weighted by Crippen LogP contribution is 2.22. The van der Waals surface area contributed by atoms with Crippen LogP contribution in [0.4, 0.5) is 5.69 Å². The van der Waals surface area contributed by atoms with Crippen LogP contribution >= 0.6 is 11.6 Å². The molecule has 1 N–H and O–H groups in total. The van der Waals surface area contributed by atoms with Crippen molar-refractivity contribution >= 4 is 23.3 Å². The lowest BCUT2D eigenvalue weighted by atomic mass is 10.1. The third-order valence-corrected chi connectivity index (χ3v) is 3.92. The number of nitrogens with one attached hydrogen (secondary N) is 1. The third kappa shape index (κ3) is 4.78. The number of nitrogens with zero attached hydrogens (tertiary/aromatic N) is 1. The van der Waals surface area contributed by atoms with Crippen molar-refractivity contribution in [2.24, 2.45) is 0 Å². The largest absolute Gasteiger partial charge is 0.468 e. The van der Waals surface area contributed by atoms with Crippen LogP contribution in [-0.4, -0.2) is 24.0 Å². The molecule has 0 aliphatic heterocycles. The highest BCUT2D eigenvalue weighted by atomic mass is 35.5. The van der Waals surface area contributed by atoms with Crippen molar-refractivity contribution < 1.29 is 14.5 Å². The summed E-state index contributed by atoms with van der Waals surface area (Å²) in [6, 6.07) is 13.1. The van der Waals surface area contributed by atoms with Gasteiger partial charge < -0.3 is 4.74 Å². The van der Waals surface area contributed by atoms with E-state index in [0.717, 1.165) is 5.56 Å². The number of carbonyl (C=O) groups excluding carboxylic acids is 1. The van der Waals surface area contributed by atoms with Gasteiger partial charge >= 0.3 is 5.97 Å². The van der Waals surface area contributed by atoms with E-state index in [-0.39, 0.29) is 12.2 Å². The van der Waals surface area contributed by atoms with E-state index in [1.807, 2.05) is 30.3 Å². The van der Waals surface area contributed by atoms with Crippen molar-refractivity contribution in [1.82, 2.24) is 5.32 Å². The summed E-state index contributed by atoms with van der Waals surface area (Å²) in [5.41, 5.74) is 1.48. The minimum atomic E-state index is -0.576. The first-order valence-electron chi connectivity index (χ1n) is 7.29. The molecule has 0 saturated carbocycles. The van der Waals surface area contributed by atoms with Gasteiger partial charge in [0.15, 0.2) is 0 Å². The quantitative estimate of drug-likeness (QED) is 0.472. The van der Waals surface area contributed by atoms with Crippen molar-refractivity contribution in [3.8, 4) is 0 Å². The fraction of sp³-hybridized carbons (Fsp3) is 0.235. The highest BCUT2D eigenvalue weighted by Gasteiger charge is 2.20. The maximum atomic E-state index is 12.0. The molecule has 0 spiro atoms. The Morgan fingerprint density at radius 2 is 2.00 bits per heavy atom. The van der Waals surface area contributed by atoms with Crippen LogP contribution in [0.15, 0.2) is 48.5 Å². The Hall–Kier alpha value is -2.44. The molecule has 0 bridgehead atoms. The minimum Gasteiger partial charge on any atom is -0.468 e. The molecule has 2 rings (SSSR count). The second kappa shape index (κ2) is 8.42. The minimum absolute atomic E-state index is 0.0473. The zero-order valence-corrected chi connectivity index (χ0v) is 13.8. The number of ether oxygens (including phenoxy) is 1. The van der Waals surface area contributed by atoms with E-state index in [4.69, 9.17) is 16.3 Å². The topological polar surface area (TPSA) is 81.5 Å². The number of benzene rings is 2. The van der Waals surface area contributed by atoms with E-state index in [2.05, 4.69) is 5.32 Å². The standard InChI is InChI=1S/C17H17ClN2O4/c1-24-17(21)16(9-12-5-3-2-4-6-12)19-11-13-10-14(20(22)23)7-8-15(13)18/h2-8,10,16,19H,9,11H2,1H3/t16-/m0/s1. The van der Waals surface area contributed by atoms with Crippen molar-refractivity contribution in [1.29, 1.82) is 0 Å².